The molecule has 3 atom stereocenters. The molecule has 0 spiro atoms. The van der Waals surface area contributed by atoms with Crippen molar-refractivity contribution in [3.05, 3.63) is 0 Å². The summed E-state index contributed by atoms with van der Waals surface area (Å²) in [5, 5.41) is 17.7. The van der Waals surface area contributed by atoms with Crippen molar-refractivity contribution in [3.63, 3.8) is 0 Å². The number of aliphatic hydroxyl groups excluding tert-OH is 2. The monoisotopic (exact) mass is 148 g/mol. The van der Waals surface area contributed by atoms with Gasteiger partial charge in [0.1, 0.15) is 12.2 Å². The van der Waals surface area contributed by atoms with Crippen LogP contribution < -0.4 is 0 Å². The van der Waals surface area contributed by atoms with Crippen molar-refractivity contribution in [1.29, 1.82) is 0 Å². The highest BCUT2D eigenvalue weighted by molar-refractivity contribution is 4.71. The Bertz CT molecular complexity index is 106. The van der Waals surface area contributed by atoms with Crippen LogP contribution in [-0.2, 0) is 9.47 Å². The van der Waals surface area contributed by atoms with Gasteiger partial charge >= 0.3 is 0 Å². The average molecular weight is 148 g/mol. The Morgan fingerprint density at radius 1 is 1.60 bits per heavy atom. The first kappa shape index (κ1) is 7.94. The summed E-state index contributed by atoms with van der Waals surface area (Å²) < 4.78 is 9.96. The molecule has 60 valence electrons. The van der Waals surface area contributed by atoms with Gasteiger partial charge < -0.3 is 19.7 Å². The Labute approximate surface area is 59.4 Å². The van der Waals surface area contributed by atoms with Crippen LogP contribution in [0.4, 0.5) is 0 Å². The quantitative estimate of drug-likeness (QED) is 0.506. The molecule has 0 bridgehead atoms. The predicted molar refractivity (Wildman–Crippen MR) is 33.4 cm³/mol. The zero-order chi connectivity index (χ0) is 7.56. The topological polar surface area (TPSA) is 58.9 Å². The Morgan fingerprint density at radius 3 is 2.80 bits per heavy atom. The number of hydrogen-bond acceptors (Lipinski definition) is 4. The molecule has 0 aliphatic carbocycles. The highest BCUT2D eigenvalue weighted by Gasteiger charge is 2.27. The van der Waals surface area contributed by atoms with Gasteiger partial charge in [-0.25, -0.2) is 0 Å². The van der Waals surface area contributed by atoms with Gasteiger partial charge in [0.2, 0.25) is 0 Å². The Balaban J connectivity index is 2.38. The molecule has 4 nitrogen and oxygen atoms in total. The molecule has 10 heavy (non-hydrogen) atoms. The minimum absolute atomic E-state index is 0.158. The van der Waals surface area contributed by atoms with Gasteiger partial charge in [0.05, 0.1) is 13.2 Å². The van der Waals surface area contributed by atoms with Crippen molar-refractivity contribution < 1.29 is 19.7 Å². The van der Waals surface area contributed by atoms with Crippen LogP contribution in [-0.4, -0.2) is 41.9 Å². The largest absolute Gasteiger partial charge is 0.394 e. The number of rotatable bonds is 1. The van der Waals surface area contributed by atoms with Crippen molar-refractivity contribution in [3.8, 4) is 0 Å². The molecule has 0 aromatic rings. The van der Waals surface area contributed by atoms with Crippen molar-refractivity contribution >= 4 is 0 Å². The van der Waals surface area contributed by atoms with Gasteiger partial charge in [-0.05, 0) is 6.92 Å². The summed E-state index contributed by atoms with van der Waals surface area (Å²) in [6.45, 7) is 1.82. The molecule has 1 rings (SSSR count). The van der Waals surface area contributed by atoms with Crippen LogP contribution in [0, 0.1) is 0 Å². The first-order chi connectivity index (χ1) is 4.74. The summed E-state index contributed by atoms with van der Waals surface area (Å²) in [6.07, 6.45) is -1.49. The third kappa shape index (κ3) is 1.67. The molecule has 1 aliphatic heterocycles. The fourth-order valence-corrected chi connectivity index (χ4v) is 0.882. The second-order valence-electron chi connectivity index (χ2n) is 2.33. The lowest BCUT2D eigenvalue weighted by molar-refractivity contribution is -0.250. The molecule has 1 saturated heterocycles. The van der Waals surface area contributed by atoms with Gasteiger partial charge in [0.15, 0.2) is 6.29 Å². The summed E-state index contributed by atoms with van der Waals surface area (Å²) in [7, 11) is 0. The van der Waals surface area contributed by atoms with Crippen molar-refractivity contribution in [2.75, 3.05) is 13.2 Å². The number of hydrogen-bond donors (Lipinski definition) is 2. The highest BCUT2D eigenvalue weighted by Crippen LogP contribution is 2.11. The third-order valence-electron chi connectivity index (χ3n) is 1.48. The van der Waals surface area contributed by atoms with Gasteiger partial charge in [-0.15, -0.1) is 0 Å². The zero-order valence-corrected chi connectivity index (χ0v) is 5.86. The molecule has 4 heteroatoms. The lowest BCUT2D eigenvalue weighted by Gasteiger charge is -2.30. The second kappa shape index (κ2) is 3.30. The second-order valence-corrected chi connectivity index (χ2v) is 2.33. The summed E-state index contributed by atoms with van der Waals surface area (Å²) in [5.74, 6) is 0. The Kier molecular flexibility index (Phi) is 2.62. The van der Waals surface area contributed by atoms with E-state index in [1.807, 2.05) is 0 Å². The summed E-state index contributed by atoms with van der Waals surface area (Å²) >= 11 is 0. The van der Waals surface area contributed by atoms with E-state index in [9.17, 15) is 0 Å². The molecule has 1 aliphatic rings. The molecule has 2 N–H and O–H groups in total. The van der Waals surface area contributed by atoms with E-state index in [1.54, 1.807) is 6.92 Å². The van der Waals surface area contributed by atoms with Crippen LogP contribution in [0.1, 0.15) is 6.92 Å². The maximum Gasteiger partial charge on any atom is 0.155 e. The smallest absolute Gasteiger partial charge is 0.155 e. The van der Waals surface area contributed by atoms with Crippen LogP contribution in [0.25, 0.3) is 0 Å². The van der Waals surface area contributed by atoms with Crippen LogP contribution in [0.15, 0.2) is 0 Å². The van der Waals surface area contributed by atoms with E-state index in [2.05, 4.69) is 0 Å². The lowest BCUT2D eigenvalue weighted by Crippen LogP contribution is -2.44. The van der Waals surface area contributed by atoms with Gasteiger partial charge in [0.25, 0.3) is 0 Å². The first-order valence-electron chi connectivity index (χ1n) is 3.30. The first-order valence-corrected chi connectivity index (χ1v) is 3.30. The maximum absolute atomic E-state index is 9.08. The molecule has 0 radical (unpaired) electrons. The van der Waals surface area contributed by atoms with Gasteiger partial charge in [-0.3, -0.25) is 0 Å². The fourth-order valence-electron chi connectivity index (χ4n) is 0.882. The van der Waals surface area contributed by atoms with E-state index >= 15 is 0 Å². The summed E-state index contributed by atoms with van der Waals surface area (Å²) in [5.41, 5.74) is 0. The molecule has 1 heterocycles. The van der Waals surface area contributed by atoms with Gasteiger partial charge in [-0.1, -0.05) is 0 Å². The minimum Gasteiger partial charge on any atom is -0.394 e. The van der Waals surface area contributed by atoms with E-state index in [-0.39, 0.29) is 19.5 Å². The van der Waals surface area contributed by atoms with E-state index in [0.717, 1.165) is 0 Å². The normalized spacial score (nSPS) is 41.7. The molecule has 1 fully saturated rings. The molecular formula is C6H12O4. The third-order valence-corrected chi connectivity index (χ3v) is 1.48. The van der Waals surface area contributed by atoms with Crippen LogP contribution >= 0.6 is 0 Å². The summed E-state index contributed by atoms with van der Waals surface area (Å²) in [4.78, 5) is 0. The SMILES string of the molecule is CC1OC[C@@H](O)[C@H](CO)O1. The van der Waals surface area contributed by atoms with Crippen molar-refractivity contribution in [1.82, 2.24) is 0 Å². The van der Waals surface area contributed by atoms with Crippen molar-refractivity contribution in [2.24, 2.45) is 0 Å². The van der Waals surface area contributed by atoms with E-state index in [1.165, 1.54) is 0 Å². The maximum atomic E-state index is 9.08. The molecule has 0 aromatic heterocycles. The number of aliphatic hydroxyl groups is 2. The van der Waals surface area contributed by atoms with Gasteiger partial charge in [-0.2, -0.15) is 0 Å². The highest BCUT2D eigenvalue weighted by atomic mass is 16.7. The van der Waals surface area contributed by atoms with E-state index in [4.69, 9.17) is 19.7 Å². The predicted octanol–water partition coefficient (Wildman–Crippen LogP) is -0.899. The molecular weight excluding hydrogens is 136 g/mol. The van der Waals surface area contributed by atoms with Crippen LogP contribution in [0.5, 0.6) is 0 Å². The van der Waals surface area contributed by atoms with Gasteiger partial charge in [0, 0.05) is 0 Å². The van der Waals surface area contributed by atoms with E-state index < -0.39 is 12.2 Å². The van der Waals surface area contributed by atoms with Crippen LogP contribution in [0.3, 0.4) is 0 Å². The Hall–Kier alpha value is -0.160. The average Bonchev–Trinajstić information content (AvgIpc) is 1.94. The van der Waals surface area contributed by atoms with E-state index in [0.29, 0.717) is 0 Å². The molecule has 0 saturated carbocycles. The van der Waals surface area contributed by atoms with Crippen molar-refractivity contribution in [2.45, 2.75) is 25.4 Å². The van der Waals surface area contributed by atoms with Crippen LogP contribution in [0.2, 0.25) is 0 Å². The molecule has 0 amide bonds. The Morgan fingerprint density at radius 2 is 2.30 bits per heavy atom. The summed E-state index contributed by atoms with van der Waals surface area (Å²) in [6, 6.07) is 0. The lowest BCUT2D eigenvalue weighted by atomic mass is 10.2. The standard InChI is InChI=1S/C6H12O4/c1-4-9-3-5(8)6(2-7)10-4/h4-8H,2-3H2,1H3/t4?,5-,6+/m1/s1. The fraction of sp³-hybridized carbons (Fsp3) is 1.00. The number of ether oxygens (including phenoxy) is 2. The zero-order valence-electron chi connectivity index (χ0n) is 5.86. The minimum atomic E-state index is -0.693. The molecule has 1 unspecified atom stereocenters. The molecule has 0 aromatic carbocycles.